The molecule has 0 spiro atoms. The molecule has 1 unspecified atom stereocenters. The highest BCUT2D eigenvalue weighted by molar-refractivity contribution is 5.25. The molecule has 0 aliphatic rings. The maximum atomic E-state index is 9.88. The molecule has 0 aliphatic heterocycles. The Labute approximate surface area is 95.2 Å². The van der Waals surface area contributed by atoms with Gasteiger partial charge >= 0.3 is 0 Å². The highest BCUT2D eigenvalue weighted by Gasteiger charge is 2.09. The van der Waals surface area contributed by atoms with Crippen molar-refractivity contribution < 1.29 is 5.11 Å². The number of rotatable bonds is 4. The molecular formula is C13H16N2O. The molecule has 0 amide bonds. The molecule has 1 heterocycles. The fraction of sp³-hybridized carbons (Fsp3) is 0.308. The van der Waals surface area contributed by atoms with Gasteiger partial charge in [-0.1, -0.05) is 24.3 Å². The number of aromatic amines is 1. The van der Waals surface area contributed by atoms with Crippen molar-refractivity contribution >= 4 is 0 Å². The van der Waals surface area contributed by atoms with Crippen LogP contribution in [0.2, 0.25) is 0 Å². The average Bonchev–Trinajstić information content (AvgIpc) is 2.81. The van der Waals surface area contributed by atoms with Crippen LogP contribution in [0.3, 0.4) is 0 Å². The molecule has 1 aromatic heterocycles. The van der Waals surface area contributed by atoms with Crippen LogP contribution in [0.4, 0.5) is 0 Å². The Hall–Kier alpha value is -1.61. The van der Waals surface area contributed by atoms with Crippen LogP contribution < -0.4 is 0 Å². The fourth-order valence-corrected chi connectivity index (χ4v) is 1.78. The van der Waals surface area contributed by atoms with Crippen LogP contribution in [-0.2, 0) is 6.42 Å². The van der Waals surface area contributed by atoms with Gasteiger partial charge in [-0.15, -0.1) is 0 Å². The maximum absolute atomic E-state index is 9.88. The van der Waals surface area contributed by atoms with Crippen molar-refractivity contribution in [1.29, 1.82) is 0 Å². The molecule has 0 bridgehead atoms. The first-order chi connectivity index (χ1) is 7.77. The van der Waals surface area contributed by atoms with Crippen molar-refractivity contribution in [2.24, 2.45) is 0 Å². The molecule has 1 atom stereocenters. The van der Waals surface area contributed by atoms with Gasteiger partial charge in [0.2, 0.25) is 0 Å². The number of hydrogen-bond donors (Lipinski definition) is 2. The Morgan fingerprint density at radius 3 is 2.88 bits per heavy atom. The summed E-state index contributed by atoms with van der Waals surface area (Å²) in [6, 6.07) is 8.26. The maximum Gasteiger partial charge on any atom is 0.0978 e. The zero-order valence-electron chi connectivity index (χ0n) is 9.35. The average molecular weight is 216 g/mol. The minimum atomic E-state index is -0.481. The largest absolute Gasteiger partial charge is 0.387 e. The minimum absolute atomic E-state index is 0.481. The molecule has 0 fully saturated rings. The number of imidazole rings is 1. The second-order valence-electron chi connectivity index (χ2n) is 3.98. The summed E-state index contributed by atoms with van der Waals surface area (Å²) in [4.78, 5) is 6.89. The first-order valence-corrected chi connectivity index (χ1v) is 5.48. The normalized spacial score (nSPS) is 12.6. The molecule has 0 saturated heterocycles. The Kier molecular flexibility index (Phi) is 3.37. The fourth-order valence-electron chi connectivity index (χ4n) is 1.78. The lowest BCUT2D eigenvalue weighted by Crippen LogP contribution is -2.00. The van der Waals surface area contributed by atoms with Gasteiger partial charge in [0.25, 0.3) is 0 Å². The first kappa shape index (κ1) is 10.9. The number of aliphatic hydroxyl groups is 1. The monoisotopic (exact) mass is 216 g/mol. The highest BCUT2D eigenvalue weighted by atomic mass is 16.3. The number of H-pyrrole nitrogens is 1. The van der Waals surface area contributed by atoms with Crippen molar-refractivity contribution in [2.75, 3.05) is 0 Å². The van der Waals surface area contributed by atoms with Gasteiger partial charge in [-0.2, -0.15) is 0 Å². The van der Waals surface area contributed by atoms with Gasteiger partial charge in [0, 0.05) is 6.20 Å². The SMILES string of the molecule is Cc1ccccc1CCC(O)c1c[nH]cn1. The molecule has 0 aliphatic carbocycles. The van der Waals surface area contributed by atoms with E-state index in [2.05, 4.69) is 29.0 Å². The second-order valence-corrected chi connectivity index (χ2v) is 3.98. The summed E-state index contributed by atoms with van der Waals surface area (Å²) in [6.07, 6.45) is 4.43. The third kappa shape index (κ3) is 2.49. The van der Waals surface area contributed by atoms with Crippen LogP contribution in [0, 0.1) is 6.92 Å². The Morgan fingerprint density at radius 2 is 2.19 bits per heavy atom. The molecule has 2 N–H and O–H groups in total. The number of nitrogens with zero attached hydrogens (tertiary/aromatic N) is 1. The zero-order chi connectivity index (χ0) is 11.4. The first-order valence-electron chi connectivity index (χ1n) is 5.48. The lowest BCUT2D eigenvalue weighted by atomic mass is 10.0. The van der Waals surface area contributed by atoms with Crippen molar-refractivity contribution in [1.82, 2.24) is 9.97 Å². The summed E-state index contributed by atoms with van der Waals surface area (Å²) in [7, 11) is 0. The number of aryl methyl sites for hydroxylation is 2. The second kappa shape index (κ2) is 4.94. The summed E-state index contributed by atoms with van der Waals surface area (Å²) in [6.45, 7) is 2.09. The van der Waals surface area contributed by atoms with Crippen LogP contribution in [0.25, 0.3) is 0 Å². The lowest BCUT2D eigenvalue weighted by molar-refractivity contribution is 0.163. The van der Waals surface area contributed by atoms with E-state index in [1.807, 2.05) is 12.1 Å². The molecular weight excluding hydrogens is 200 g/mol. The van der Waals surface area contributed by atoms with Crippen LogP contribution in [0.15, 0.2) is 36.8 Å². The molecule has 3 heteroatoms. The van der Waals surface area contributed by atoms with Gasteiger partial charge in [-0.25, -0.2) is 4.98 Å². The smallest absolute Gasteiger partial charge is 0.0978 e. The predicted molar refractivity (Wildman–Crippen MR) is 63.0 cm³/mol. The third-order valence-corrected chi connectivity index (χ3v) is 2.81. The van der Waals surface area contributed by atoms with E-state index in [0.717, 1.165) is 6.42 Å². The van der Waals surface area contributed by atoms with Gasteiger partial charge in [0.15, 0.2) is 0 Å². The molecule has 1 aromatic carbocycles. The van der Waals surface area contributed by atoms with Crippen LogP contribution in [0.5, 0.6) is 0 Å². The molecule has 84 valence electrons. The van der Waals surface area contributed by atoms with Crippen LogP contribution >= 0.6 is 0 Å². The quantitative estimate of drug-likeness (QED) is 0.824. The predicted octanol–water partition coefficient (Wildman–Crippen LogP) is 2.38. The Balaban J connectivity index is 1.95. The molecule has 2 aromatic rings. The number of benzene rings is 1. The Morgan fingerprint density at radius 1 is 1.38 bits per heavy atom. The van der Waals surface area contributed by atoms with Crippen molar-refractivity contribution in [2.45, 2.75) is 25.9 Å². The van der Waals surface area contributed by atoms with E-state index in [9.17, 15) is 5.11 Å². The number of aromatic nitrogens is 2. The van der Waals surface area contributed by atoms with E-state index in [-0.39, 0.29) is 0 Å². The van der Waals surface area contributed by atoms with E-state index in [1.165, 1.54) is 11.1 Å². The van der Waals surface area contributed by atoms with Gasteiger partial charge in [-0.05, 0) is 30.9 Å². The summed E-state index contributed by atoms with van der Waals surface area (Å²) in [5.41, 5.74) is 3.28. The molecule has 0 radical (unpaired) electrons. The van der Waals surface area contributed by atoms with Gasteiger partial charge in [0.1, 0.15) is 0 Å². The van der Waals surface area contributed by atoms with Gasteiger partial charge in [0.05, 0.1) is 18.1 Å². The van der Waals surface area contributed by atoms with Crippen molar-refractivity contribution in [3.05, 3.63) is 53.6 Å². The summed E-state index contributed by atoms with van der Waals surface area (Å²) in [5, 5.41) is 9.88. The zero-order valence-corrected chi connectivity index (χ0v) is 9.35. The standard InChI is InChI=1S/C13H16N2O/c1-10-4-2-3-5-11(10)6-7-13(16)12-8-14-9-15-12/h2-5,8-9,13,16H,6-7H2,1H3,(H,14,15). The van der Waals surface area contributed by atoms with Crippen molar-refractivity contribution in [3.63, 3.8) is 0 Å². The molecule has 0 saturated carbocycles. The summed E-state index contributed by atoms with van der Waals surface area (Å²) in [5.74, 6) is 0. The molecule has 3 nitrogen and oxygen atoms in total. The third-order valence-electron chi connectivity index (χ3n) is 2.81. The summed E-state index contributed by atoms with van der Waals surface area (Å²) >= 11 is 0. The van der Waals surface area contributed by atoms with E-state index < -0.39 is 6.10 Å². The minimum Gasteiger partial charge on any atom is -0.387 e. The highest BCUT2D eigenvalue weighted by Crippen LogP contribution is 2.18. The topological polar surface area (TPSA) is 48.9 Å². The lowest BCUT2D eigenvalue weighted by Gasteiger charge is -2.09. The molecule has 2 rings (SSSR count). The Bertz CT molecular complexity index is 437. The summed E-state index contributed by atoms with van der Waals surface area (Å²) < 4.78 is 0. The van der Waals surface area contributed by atoms with Crippen LogP contribution in [-0.4, -0.2) is 15.1 Å². The van der Waals surface area contributed by atoms with Gasteiger partial charge < -0.3 is 10.1 Å². The van der Waals surface area contributed by atoms with E-state index >= 15 is 0 Å². The number of hydrogen-bond acceptors (Lipinski definition) is 2. The number of nitrogens with one attached hydrogen (secondary N) is 1. The van der Waals surface area contributed by atoms with Crippen molar-refractivity contribution in [3.8, 4) is 0 Å². The van der Waals surface area contributed by atoms with Gasteiger partial charge in [-0.3, -0.25) is 0 Å². The number of aliphatic hydroxyl groups excluding tert-OH is 1. The van der Waals surface area contributed by atoms with E-state index in [0.29, 0.717) is 12.1 Å². The molecule has 16 heavy (non-hydrogen) atoms. The van der Waals surface area contributed by atoms with E-state index in [1.54, 1.807) is 12.5 Å². The van der Waals surface area contributed by atoms with Crippen LogP contribution in [0.1, 0.15) is 29.3 Å². The van der Waals surface area contributed by atoms with E-state index in [4.69, 9.17) is 0 Å².